The Labute approximate surface area is 125 Å². The molecular weight excluding hydrogens is 272 g/mol. The van der Waals surface area contributed by atoms with Gasteiger partial charge >= 0.3 is 0 Å². The molecule has 0 spiro atoms. The summed E-state index contributed by atoms with van der Waals surface area (Å²) in [4.78, 5) is 6.79. The molecule has 1 unspecified atom stereocenters. The van der Waals surface area contributed by atoms with Crippen LogP contribution in [0.25, 0.3) is 0 Å². The van der Waals surface area contributed by atoms with Crippen LogP contribution < -0.4 is 5.32 Å². The molecule has 1 atom stereocenters. The first-order valence-corrected chi connectivity index (χ1v) is 7.70. The van der Waals surface area contributed by atoms with Crippen LogP contribution in [0.2, 0.25) is 0 Å². The van der Waals surface area contributed by atoms with Crippen LogP contribution in [0.4, 0.5) is 0 Å². The molecule has 2 saturated heterocycles. The first kappa shape index (κ1) is 14.9. The highest BCUT2D eigenvalue weighted by atomic mass is 16.5. The lowest BCUT2D eigenvalue weighted by Crippen LogP contribution is -2.58. The van der Waals surface area contributed by atoms with Crippen molar-refractivity contribution in [3.05, 3.63) is 11.7 Å². The summed E-state index contributed by atoms with van der Waals surface area (Å²) in [6, 6.07) is 0. The van der Waals surface area contributed by atoms with Crippen molar-refractivity contribution in [3.8, 4) is 0 Å². The predicted molar refractivity (Wildman–Crippen MR) is 75.8 cm³/mol. The largest absolute Gasteiger partial charge is 0.367 e. The predicted octanol–water partition coefficient (Wildman–Crippen LogP) is 0.731. The second-order valence-electron chi connectivity index (χ2n) is 6.05. The number of aromatic nitrogens is 2. The van der Waals surface area contributed by atoms with Gasteiger partial charge in [0.2, 0.25) is 5.82 Å². The third-order valence-electron chi connectivity index (χ3n) is 4.00. The summed E-state index contributed by atoms with van der Waals surface area (Å²) >= 11 is 0. The molecule has 2 fully saturated rings. The summed E-state index contributed by atoms with van der Waals surface area (Å²) < 4.78 is 16.8. The summed E-state index contributed by atoms with van der Waals surface area (Å²) in [7, 11) is 0. The molecule has 118 valence electrons. The zero-order valence-electron chi connectivity index (χ0n) is 12.8. The fourth-order valence-corrected chi connectivity index (χ4v) is 2.65. The Kier molecular flexibility index (Phi) is 4.54. The molecule has 1 aromatic heterocycles. The molecule has 7 heteroatoms. The van der Waals surface area contributed by atoms with E-state index in [2.05, 4.69) is 34.2 Å². The van der Waals surface area contributed by atoms with Gasteiger partial charge < -0.3 is 19.3 Å². The van der Waals surface area contributed by atoms with Gasteiger partial charge in [0.1, 0.15) is 12.7 Å². The van der Waals surface area contributed by atoms with Crippen molar-refractivity contribution >= 4 is 0 Å². The molecule has 1 N–H and O–H groups in total. The molecule has 1 aromatic rings. The lowest BCUT2D eigenvalue weighted by molar-refractivity contribution is -0.0841. The molecule has 0 amide bonds. The Balaban J connectivity index is 1.54. The number of morpholine rings is 1. The zero-order chi connectivity index (χ0) is 14.7. The van der Waals surface area contributed by atoms with Crippen LogP contribution in [0.5, 0.6) is 0 Å². The Bertz CT molecular complexity index is 459. The van der Waals surface area contributed by atoms with Crippen molar-refractivity contribution in [2.24, 2.45) is 0 Å². The Morgan fingerprint density at radius 1 is 1.48 bits per heavy atom. The average Bonchev–Trinajstić information content (AvgIpc) is 2.93. The summed E-state index contributed by atoms with van der Waals surface area (Å²) in [6.07, 6.45) is 1.05. The SMILES string of the molecule is CCCN1CCOC(c2noc(COC3(C)CNC3)n2)C1. The summed E-state index contributed by atoms with van der Waals surface area (Å²) in [6.45, 7) is 9.96. The molecular formula is C14H24N4O3. The number of nitrogens with one attached hydrogen (secondary N) is 1. The maximum Gasteiger partial charge on any atom is 0.252 e. The molecule has 3 heterocycles. The van der Waals surface area contributed by atoms with Crippen LogP contribution >= 0.6 is 0 Å². The topological polar surface area (TPSA) is 72.7 Å². The Morgan fingerprint density at radius 3 is 3.05 bits per heavy atom. The van der Waals surface area contributed by atoms with Gasteiger partial charge in [-0.25, -0.2) is 0 Å². The minimum atomic E-state index is -0.103. The van der Waals surface area contributed by atoms with Crippen molar-refractivity contribution in [1.29, 1.82) is 0 Å². The number of hydrogen-bond acceptors (Lipinski definition) is 7. The molecule has 0 bridgehead atoms. The molecule has 0 saturated carbocycles. The second-order valence-corrected chi connectivity index (χ2v) is 6.05. The standard InChI is InChI=1S/C14H24N4O3/c1-3-4-18-5-6-19-11(7-18)13-16-12(21-17-13)8-20-14(2)9-15-10-14/h11,15H,3-10H2,1-2H3. The third-order valence-corrected chi connectivity index (χ3v) is 4.00. The molecule has 0 radical (unpaired) electrons. The van der Waals surface area contributed by atoms with Crippen molar-refractivity contribution in [2.75, 3.05) is 39.3 Å². The quantitative estimate of drug-likeness (QED) is 0.829. The van der Waals surface area contributed by atoms with Gasteiger partial charge in [-0.2, -0.15) is 4.98 Å². The first-order chi connectivity index (χ1) is 10.2. The maximum atomic E-state index is 5.80. The normalized spacial score (nSPS) is 25.7. The van der Waals surface area contributed by atoms with Crippen molar-refractivity contribution in [3.63, 3.8) is 0 Å². The Hall–Kier alpha value is -1.02. The fraction of sp³-hybridized carbons (Fsp3) is 0.857. The fourth-order valence-electron chi connectivity index (χ4n) is 2.65. The van der Waals surface area contributed by atoms with Gasteiger partial charge in [0.05, 0.1) is 12.2 Å². The highest BCUT2D eigenvalue weighted by molar-refractivity contribution is 4.95. The molecule has 0 aliphatic carbocycles. The smallest absolute Gasteiger partial charge is 0.252 e. The maximum absolute atomic E-state index is 5.80. The van der Waals surface area contributed by atoms with Crippen LogP contribution in [0, 0.1) is 0 Å². The third kappa shape index (κ3) is 3.60. The van der Waals surface area contributed by atoms with Gasteiger partial charge in [0.15, 0.2) is 0 Å². The lowest BCUT2D eigenvalue weighted by Gasteiger charge is -2.38. The van der Waals surface area contributed by atoms with Crippen molar-refractivity contribution < 1.29 is 14.0 Å². The van der Waals surface area contributed by atoms with E-state index in [1.165, 1.54) is 0 Å². The summed E-state index contributed by atoms with van der Waals surface area (Å²) in [5, 5.41) is 7.24. The van der Waals surface area contributed by atoms with Crippen LogP contribution in [0.3, 0.4) is 0 Å². The molecule has 2 aliphatic heterocycles. The van der Waals surface area contributed by atoms with Crippen molar-refractivity contribution in [1.82, 2.24) is 20.4 Å². The van der Waals surface area contributed by atoms with E-state index >= 15 is 0 Å². The van der Waals surface area contributed by atoms with Crippen LogP contribution in [-0.2, 0) is 16.1 Å². The van der Waals surface area contributed by atoms with E-state index in [-0.39, 0.29) is 11.7 Å². The van der Waals surface area contributed by atoms with Gasteiger partial charge in [0.25, 0.3) is 5.89 Å². The van der Waals surface area contributed by atoms with Gasteiger partial charge in [-0.1, -0.05) is 12.1 Å². The van der Waals surface area contributed by atoms with E-state index in [0.717, 1.165) is 45.8 Å². The molecule has 21 heavy (non-hydrogen) atoms. The number of nitrogens with zero attached hydrogens (tertiary/aromatic N) is 3. The molecule has 3 rings (SSSR count). The molecule has 7 nitrogen and oxygen atoms in total. The van der Waals surface area contributed by atoms with Crippen molar-refractivity contribution in [2.45, 2.75) is 38.6 Å². The zero-order valence-corrected chi connectivity index (χ0v) is 12.8. The minimum Gasteiger partial charge on any atom is -0.367 e. The monoisotopic (exact) mass is 296 g/mol. The van der Waals surface area contributed by atoms with Crippen LogP contribution in [0.15, 0.2) is 4.52 Å². The van der Waals surface area contributed by atoms with E-state index in [1.54, 1.807) is 0 Å². The van der Waals surface area contributed by atoms with Gasteiger partial charge in [-0.3, -0.25) is 4.90 Å². The Morgan fingerprint density at radius 2 is 2.33 bits per heavy atom. The van der Waals surface area contributed by atoms with Crippen LogP contribution in [0.1, 0.15) is 38.1 Å². The van der Waals surface area contributed by atoms with Gasteiger partial charge in [-0.05, 0) is 19.9 Å². The van der Waals surface area contributed by atoms with E-state index in [4.69, 9.17) is 14.0 Å². The second kappa shape index (κ2) is 6.39. The summed E-state index contributed by atoms with van der Waals surface area (Å²) in [5.74, 6) is 1.15. The number of ether oxygens (including phenoxy) is 2. The van der Waals surface area contributed by atoms with Gasteiger partial charge in [-0.15, -0.1) is 0 Å². The highest BCUT2D eigenvalue weighted by Crippen LogP contribution is 2.21. The number of hydrogen-bond donors (Lipinski definition) is 1. The summed E-state index contributed by atoms with van der Waals surface area (Å²) in [5.41, 5.74) is -0.103. The van der Waals surface area contributed by atoms with Crippen LogP contribution in [-0.4, -0.2) is 60.0 Å². The van der Waals surface area contributed by atoms with Gasteiger partial charge in [0, 0.05) is 26.2 Å². The molecule has 0 aromatic carbocycles. The first-order valence-electron chi connectivity index (χ1n) is 7.70. The number of rotatable bonds is 6. The average molecular weight is 296 g/mol. The van der Waals surface area contributed by atoms with E-state index in [1.807, 2.05) is 0 Å². The minimum absolute atomic E-state index is 0.0937. The van der Waals surface area contributed by atoms with E-state index in [0.29, 0.717) is 18.3 Å². The molecule has 2 aliphatic rings. The van der Waals surface area contributed by atoms with E-state index < -0.39 is 0 Å². The highest BCUT2D eigenvalue weighted by Gasteiger charge is 2.33. The lowest BCUT2D eigenvalue weighted by atomic mass is 10.0. The van der Waals surface area contributed by atoms with E-state index in [9.17, 15) is 0 Å².